The lowest BCUT2D eigenvalue weighted by molar-refractivity contribution is -0.118. The number of ether oxygens (including phenoxy) is 2. The van der Waals surface area contributed by atoms with Crippen molar-refractivity contribution in [2.24, 2.45) is 5.10 Å². The van der Waals surface area contributed by atoms with E-state index in [2.05, 4.69) is 25.7 Å². The predicted octanol–water partition coefficient (Wildman–Crippen LogP) is 3.98. The van der Waals surface area contributed by atoms with Gasteiger partial charge in [0.1, 0.15) is 11.5 Å². The molecule has 0 fully saturated rings. The number of methoxy groups -OCH3 is 1. The number of aromatic nitrogens is 4. The van der Waals surface area contributed by atoms with E-state index in [1.807, 2.05) is 72.2 Å². The normalized spacial score (nSPS) is 10.9. The van der Waals surface area contributed by atoms with Crippen LogP contribution in [-0.4, -0.2) is 51.3 Å². The molecule has 10 heteroatoms. The fourth-order valence-corrected chi connectivity index (χ4v) is 3.94. The van der Waals surface area contributed by atoms with Gasteiger partial charge in [-0.2, -0.15) is 5.10 Å². The van der Waals surface area contributed by atoms with E-state index >= 15 is 0 Å². The third kappa shape index (κ3) is 6.24. The Labute approximate surface area is 207 Å². The number of nitrogens with zero attached hydrogens (tertiary/aromatic N) is 5. The first-order valence-electron chi connectivity index (χ1n) is 10.9. The van der Waals surface area contributed by atoms with Gasteiger partial charge in [0.2, 0.25) is 0 Å². The maximum atomic E-state index is 12.4. The number of hydrazone groups is 1. The van der Waals surface area contributed by atoms with Crippen LogP contribution >= 0.6 is 11.8 Å². The standard InChI is InChI=1S/C25H24N6O3S/c1-3-34-21-11-9-20(10-12-21)31-24(19-7-5-13-26-16-19)29-30-25(31)35-17-23(32)28-27-15-18-6-4-8-22(14-18)33-2/h4-16H,3,17H2,1-2H3,(H,28,32)/b27-15+. The van der Waals surface area contributed by atoms with Crippen molar-refractivity contribution in [2.75, 3.05) is 19.5 Å². The molecule has 0 aliphatic heterocycles. The van der Waals surface area contributed by atoms with Crippen molar-refractivity contribution in [3.05, 3.63) is 78.6 Å². The van der Waals surface area contributed by atoms with Crippen LogP contribution in [0.15, 0.2) is 83.3 Å². The van der Waals surface area contributed by atoms with Crippen LogP contribution in [0.1, 0.15) is 12.5 Å². The molecule has 0 aliphatic rings. The van der Waals surface area contributed by atoms with Crippen molar-refractivity contribution in [2.45, 2.75) is 12.1 Å². The summed E-state index contributed by atoms with van der Waals surface area (Å²) < 4.78 is 12.6. The fraction of sp³-hybridized carbons (Fsp3) is 0.160. The van der Waals surface area contributed by atoms with Crippen molar-refractivity contribution in [1.82, 2.24) is 25.2 Å². The fourth-order valence-electron chi connectivity index (χ4n) is 3.20. The van der Waals surface area contributed by atoms with Crippen LogP contribution in [0.5, 0.6) is 11.5 Å². The van der Waals surface area contributed by atoms with E-state index in [1.54, 1.807) is 25.7 Å². The molecule has 4 aromatic rings. The van der Waals surface area contributed by atoms with Gasteiger partial charge in [-0.1, -0.05) is 23.9 Å². The molecule has 178 valence electrons. The molecule has 2 aromatic carbocycles. The first-order chi connectivity index (χ1) is 17.2. The van der Waals surface area contributed by atoms with Gasteiger partial charge in [-0.05, 0) is 61.0 Å². The summed E-state index contributed by atoms with van der Waals surface area (Å²) in [5.74, 6) is 1.96. The van der Waals surface area contributed by atoms with Crippen LogP contribution in [0.4, 0.5) is 0 Å². The van der Waals surface area contributed by atoms with E-state index in [9.17, 15) is 4.79 Å². The van der Waals surface area contributed by atoms with Gasteiger partial charge in [0.05, 0.1) is 25.7 Å². The minimum absolute atomic E-state index is 0.109. The van der Waals surface area contributed by atoms with Gasteiger partial charge in [-0.25, -0.2) is 5.43 Å². The Bertz CT molecular complexity index is 1290. The minimum atomic E-state index is -0.265. The minimum Gasteiger partial charge on any atom is -0.497 e. The largest absolute Gasteiger partial charge is 0.497 e. The lowest BCUT2D eigenvalue weighted by atomic mass is 10.2. The molecular formula is C25H24N6O3S. The molecule has 1 amide bonds. The Morgan fingerprint density at radius 3 is 2.71 bits per heavy atom. The van der Waals surface area contributed by atoms with Crippen LogP contribution in [-0.2, 0) is 4.79 Å². The van der Waals surface area contributed by atoms with Crippen molar-refractivity contribution in [1.29, 1.82) is 0 Å². The molecule has 0 aliphatic carbocycles. The highest BCUT2D eigenvalue weighted by molar-refractivity contribution is 7.99. The van der Waals surface area contributed by atoms with E-state index < -0.39 is 0 Å². The third-order valence-corrected chi connectivity index (χ3v) is 5.72. The Balaban J connectivity index is 1.49. The van der Waals surface area contributed by atoms with Crippen LogP contribution in [0, 0.1) is 0 Å². The van der Waals surface area contributed by atoms with Gasteiger partial charge < -0.3 is 9.47 Å². The summed E-state index contributed by atoms with van der Waals surface area (Å²) in [6.07, 6.45) is 4.99. The lowest BCUT2D eigenvalue weighted by Gasteiger charge is -2.11. The van der Waals surface area contributed by atoms with Crippen molar-refractivity contribution < 1.29 is 14.3 Å². The molecule has 0 saturated carbocycles. The maximum Gasteiger partial charge on any atom is 0.250 e. The molecule has 0 spiro atoms. The Morgan fingerprint density at radius 1 is 1.11 bits per heavy atom. The zero-order valence-corrected chi connectivity index (χ0v) is 20.1. The Kier molecular flexibility index (Phi) is 8.08. The SMILES string of the molecule is CCOc1ccc(-n2c(SCC(=O)N/N=C/c3cccc(OC)c3)nnc2-c2cccnc2)cc1. The van der Waals surface area contributed by atoms with Crippen LogP contribution in [0.2, 0.25) is 0 Å². The Morgan fingerprint density at radius 2 is 1.97 bits per heavy atom. The third-order valence-electron chi connectivity index (χ3n) is 4.79. The molecule has 4 rings (SSSR count). The molecule has 1 N–H and O–H groups in total. The number of carbonyl (C=O) groups excluding carboxylic acids is 1. The summed E-state index contributed by atoms with van der Waals surface area (Å²) >= 11 is 1.26. The topological polar surface area (TPSA) is 104 Å². The second-order valence-electron chi connectivity index (χ2n) is 7.17. The number of pyridine rings is 1. The second kappa shape index (κ2) is 11.8. The lowest BCUT2D eigenvalue weighted by Crippen LogP contribution is -2.20. The predicted molar refractivity (Wildman–Crippen MR) is 135 cm³/mol. The van der Waals surface area contributed by atoms with Gasteiger partial charge in [-0.15, -0.1) is 10.2 Å². The van der Waals surface area contributed by atoms with Gasteiger partial charge in [0.15, 0.2) is 11.0 Å². The van der Waals surface area contributed by atoms with E-state index in [1.165, 1.54) is 11.8 Å². The number of benzene rings is 2. The summed E-state index contributed by atoms with van der Waals surface area (Å²) in [5.41, 5.74) is 5.01. The zero-order chi connectivity index (χ0) is 24.5. The van der Waals surface area contributed by atoms with Crippen molar-refractivity contribution in [3.8, 4) is 28.6 Å². The average Bonchev–Trinajstić information content (AvgIpc) is 3.33. The molecular weight excluding hydrogens is 464 g/mol. The highest BCUT2D eigenvalue weighted by atomic mass is 32.2. The quantitative estimate of drug-likeness (QED) is 0.205. The zero-order valence-electron chi connectivity index (χ0n) is 19.3. The van der Waals surface area contributed by atoms with Crippen molar-refractivity contribution >= 4 is 23.9 Å². The molecule has 0 atom stereocenters. The van der Waals surface area contributed by atoms with Gasteiger partial charge in [0.25, 0.3) is 5.91 Å². The summed E-state index contributed by atoms with van der Waals surface area (Å²) in [5, 5.41) is 13.3. The highest BCUT2D eigenvalue weighted by Gasteiger charge is 2.17. The molecule has 0 bridgehead atoms. The van der Waals surface area contributed by atoms with Crippen LogP contribution in [0.3, 0.4) is 0 Å². The molecule has 2 heterocycles. The van der Waals surface area contributed by atoms with Gasteiger partial charge in [-0.3, -0.25) is 14.3 Å². The molecule has 0 saturated heterocycles. The number of rotatable bonds is 10. The molecule has 9 nitrogen and oxygen atoms in total. The molecule has 2 aromatic heterocycles. The molecule has 0 unspecified atom stereocenters. The van der Waals surface area contributed by atoms with Gasteiger partial charge >= 0.3 is 0 Å². The van der Waals surface area contributed by atoms with Crippen molar-refractivity contribution in [3.63, 3.8) is 0 Å². The number of hydrogen-bond donors (Lipinski definition) is 1. The molecule has 0 radical (unpaired) electrons. The van der Waals surface area contributed by atoms with E-state index in [0.717, 1.165) is 22.6 Å². The number of thioether (sulfide) groups is 1. The first-order valence-corrected chi connectivity index (χ1v) is 11.8. The maximum absolute atomic E-state index is 12.4. The number of hydrogen-bond acceptors (Lipinski definition) is 8. The van der Waals surface area contributed by atoms with E-state index in [-0.39, 0.29) is 11.7 Å². The Hall–Kier alpha value is -4.18. The summed E-state index contributed by atoms with van der Waals surface area (Å²) in [7, 11) is 1.60. The summed E-state index contributed by atoms with van der Waals surface area (Å²) in [4.78, 5) is 16.6. The monoisotopic (exact) mass is 488 g/mol. The summed E-state index contributed by atoms with van der Waals surface area (Å²) in [6, 6.07) is 18.8. The number of carbonyl (C=O) groups is 1. The van der Waals surface area contributed by atoms with E-state index in [4.69, 9.17) is 9.47 Å². The summed E-state index contributed by atoms with van der Waals surface area (Å²) in [6.45, 7) is 2.53. The van der Waals surface area contributed by atoms with Crippen LogP contribution in [0.25, 0.3) is 17.1 Å². The second-order valence-corrected chi connectivity index (χ2v) is 8.11. The smallest absolute Gasteiger partial charge is 0.250 e. The number of nitrogens with one attached hydrogen (secondary N) is 1. The highest BCUT2D eigenvalue weighted by Crippen LogP contribution is 2.28. The number of amides is 1. The van der Waals surface area contributed by atoms with E-state index in [0.29, 0.717) is 23.3 Å². The van der Waals surface area contributed by atoms with Gasteiger partial charge in [0, 0.05) is 23.6 Å². The average molecular weight is 489 g/mol. The first kappa shape index (κ1) is 24.0. The van der Waals surface area contributed by atoms with Crippen LogP contribution < -0.4 is 14.9 Å². The molecule has 35 heavy (non-hydrogen) atoms.